The van der Waals surface area contributed by atoms with Crippen LogP contribution < -0.4 is 0 Å². The molecule has 72 valence electrons. The van der Waals surface area contributed by atoms with E-state index in [2.05, 4.69) is 0 Å². The van der Waals surface area contributed by atoms with E-state index in [9.17, 15) is 4.21 Å². The van der Waals surface area contributed by atoms with Crippen LogP contribution in [-0.2, 0) is 21.0 Å². The van der Waals surface area contributed by atoms with Crippen molar-refractivity contribution in [2.75, 3.05) is 6.61 Å². The predicted octanol–water partition coefficient (Wildman–Crippen LogP) is 2.28. The molecule has 0 amide bonds. The maximum atomic E-state index is 11.3. The van der Waals surface area contributed by atoms with Gasteiger partial charge >= 0.3 is 0 Å². The topological polar surface area (TPSA) is 26.3 Å². The number of hydrogen-bond acceptors (Lipinski definition) is 2. The van der Waals surface area contributed by atoms with Crippen molar-refractivity contribution >= 4 is 11.1 Å². The van der Waals surface area contributed by atoms with E-state index in [0.29, 0.717) is 12.4 Å². The molecule has 0 saturated heterocycles. The Hall–Kier alpha value is -0.670. The summed E-state index contributed by atoms with van der Waals surface area (Å²) in [7, 11) is 0. The van der Waals surface area contributed by atoms with Gasteiger partial charge in [0.1, 0.15) is 0 Å². The summed E-state index contributed by atoms with van der Waals surface area (Å²) >= 11 is -1.17. The normalized spacial score (nSPS) is 12.7. The zero-order valence-electron chi connectivity index (χ0n) is 7.73. The molecule has 1 rings (SSSR count). The van der Waals surface area contributed by atoms with Crippen molar-refractivity contribution in [2.45, 2.75) is 19.1 Å². The minimum Gasteiger partial charge on any atom is -0.290 e. The first-order valence-corrected chi connectivity index (χ1v) is 5.63. The third-order valence-electron chi connectivity index (χ3n) is 1.55. The van der Waals surface area contributed by atoms with Crippen LogP contribution in [-0.4, -0.2) is 10.8 Å². The molecule has 0 aliphatic heterocycles. The molecule has 13 heavy (non-hydrogen) atoms. The zero-order valence-corrected chi connectivity index (χ0v) is 8.55. The van der Waals surface area contributed by atoms with Crippen LogP contribution in [0.25, 0.3) is 0 Å². The van der Waals surface area contributed by atoms with Crippen molar-refractivity contribution < 1.29 is 8.39 Å². The molecule has 1 aromatic rings. The van der Waals surface area contributed by atoms with Gasteiger partial charge in [-0.1, -0.05) is 37.3 Å². The third kappa shape index (κ3) is 4.20. The average molecular weight is 198 g/mol. The summed E-state index contributed by atoms with van der Waals surface area (Å²) in [5.41, 5.74) is 1.05. The highest BCUT2D eigenvalue weighted by molar-refractivity contribution is 7.79. The van der Waals surface area contributed by atoms with Crippen molar-refractivity contribution in [3.8, 4) is 0 Å². The quantitative estimate of drug-likeness (QED) is 0.725. The van der Waals surface area contributed by atoms with Crippen molar-refractivity contribution in [3.63, 3.8) is 0 Å². The Morgan fingerprint density at radius 1 is 1.31 bits per heavy atom. The van der Waals surface area contributed by atoms with Gasteiger partial charge in [0.05, 0.1) is 12.4 Å². The van der Waals surface area contributed by atoms with Crippen LogP contribution in [0.15, 0.2) is 30.3 Å². The van der Waals surface area contributed by atoms with E-state index in [0.717, 1.165) is 12.0 Å². The molecular weight excluding hydrogens is 184 g/mol. The lowest BCUT2D eigenvalue weighted by Crippen LogP contribution is -2.01. The molecule has 0 radical (unpaired) electrons. The molecule has 0 fully saturated rings. The average Bonchev–Trinajstić information content (AvgIpc) is 2.16. The second-order valence-electron chi connectivity index (χ2n) is 2.76. The minimum absolute atomic E-state index is 0.487. The summed E-state index contributed by atoms with van der Waals surface area (Å²) in [6.07, 6.45) is 0.903. The van der Waals surface area contributed by atoms with Gasteiger partial charge in [-0.15, -0.1) is 0 Å². The highest BCUT2D eigenvalue weighted by atomic mass is 32.2. The van der Waals surface area contributed by atoms with E-state index < -0.39 is 11.1 Å². The van der Waals surface area contributed by atoms with Crippen LogP contribution in [0.5, 0.6) is 0 Å². The molecule has 0 spiro atoms. The van der Waals surface area contributed by atoms with Crippen molar-refractivity contribution in [1.82, 2.24) is 0 Å². The second kappa shape index (κ2) is 5.89. The predicted molar refractivity (Wildman–Crippen MR) is 54.5 cm³/mol. The van der Waals surface area contributed by atoms with E-state index in [1.807, 2.05) is 37.3 Å². The largest absolute Gasteiger partial charge is 0.290 e. The Kier molecular flexibility index (Phi) is 4.72. The fraction of sp³-hybridized carbons (Fsp3) is 0.400. The van der Waals surface area contributed by atoms with Crippen LogP contribution in [0.2, 0.25) is 0 Å². The third-order valence-corrected chi connectivity index (χ3v) is 2.54. The highest BCUT2D eigenvalue weighted by Crippen LogP contribution is 2.03. The number of rotatable bonds is 5. The van der Waals surface area contributed by atoms with Crippen LogP contribution in [0.4, 0.5) is 0 Å². The van der Waals surface area contributed by atoms with Gasteiger partial charge in [-0.25, -0.2) is 4.21 Å². The van der Waals surface area contributed by atoms with Crippen LogP contribution >= 0.6 is 0 Å². The Labute approximate surface area is 81.6 Å². The van der Waals surface area contributed by atoms with Gasteiger partial charge in [-0.2, -0.15) is 0 Å². The van der Waals surface area contributed by atoms with Crippen LogP contribution in [0, 0.1) is 0 Å². The maximum Gasteiger partial charge on any atom is 0.159 e. The first-order chi connectivity index (χ1) is 6.33. The summed E-state index contributed by atoms with van der Waals surface area (Å²) in [5.74, 6) is 0.487. The molecule has 0 saturated carbocycles. The van der Waals surface area contributed by atoms with Gasteiger partial charge in [0, 0.05) is 0 Å². The summed E-state index contributed by atoms with van der Waals surface area (Å²) in [5, 5.41) is 0. The van der Waals surface area contributed by atoms with Crippen molar-refractivity contribution in [2.24, 2.45) is 0 Å². The van der Waals surface area contributed by atoms with Crippen molar-refractivity contribution in [1.29, 1.82) is 0 Å². The fourth-order valence-corrected chi connectivity index (χ4v) is 1.83. The Morgan fingerprint density at radius 3 is 2.62 bits per heavy atom. The lowest BCUT2D eigenvalue weighted by molar-refractivity contribution is 0.347. The Balaban J connectivity index is 2.37. The summed E-state index contributed by atoms with van der Waals surface area (Å²) < 4.78 is 16.3. The molecule has 0 aliphatic carbocycles. The van der Waals surface area contributed by atoms with Gasteiger partial charge in [0.2, 0.25) is 0 Å². The van der Waals surface area contributed by atoms with Crippen LogP contribution in [0.3, 0.4) is 0 Å². The van der Waals surface area contributed by atoms with Gasteiger partial charge < -0.3 is 0 Å². The molecule has 0 aliphatic rings. The van der Waals surface area contributed by atoms with Gasteiger partial charge in [0.15, 0.2) is 11.1 Å². The molecule has 0 bridgehead atoms. The molecule has 3 heteroatoms. The first kappa shape index (κ1) is 10.4. The molecule has 0 N–H and O–H groups in total. The SMILES string of the molecule is CCCOS(=O)Cc1ccccc1. The monoisotopic (exact) mass is 198 g/mol. The summed E-state index contributed by atoms with van der Waals surface area (Å²) in [4.78, 5) is 0. The summed E-state index contributed by atoms with van der Waals surface area (Å²) in [6, 6.07) is 9.72. The molecule has 2 nitrogen and oxygen atoms in total. The number of hydrogen-bond donors (Lipinski definition) is 0. The van der Waals surface area contributed by atoms with Gasteiger partial charge in [0.25, 0.3) is 0 Å². The fourth-order valence-electron chi connectivity index (χ4n) is 0.928. The standard InChI is InChI=1S/C10H14O2S/c1-2-8-12-13(11)9-10-6-4-3-5-7-10/h3-7H,2,8-9H2,1H3. The molecular formula is C10H14O2S. The van der Waals surface area contributed by atoms with E-state index in [4.69, 9.17) is 4.18 Å². The smallest absolute Gasteiger partial charge is 0.159 e. The minimum atomic E-state index is -1.17. The highest BCUT2D eigenvalue weighted by Gasteiger charge is 2.00. The molecule has 0 aromatic heterocycles. The van der Waals surface area contributed by atoms with Crippen LogP contribution in [0.1, 0.15) is 18.9 Å². The Morgan fingerprint density at radius 2 is 2.00 bits per heavy atom. The second-order valence-corrected chi connectivity index (χ2v) is 3.89. The van der Waals surface area contributed by atoms with E-state index >= 15 is 0 Å². The Bertz CT molecular complexity index is 259. The first-order valence-electron chi connectivity index (χ1n) is 4.38. The molecule has 1 atom stereocenters. The van der Waals surface area contributed by atoms with Gasteiger partial charge in [-0.3, -0.25) is 4.18 Å². The van der Waals surface area contributed by atoms with E-state index in [-0.39, 0.29) is 0 Å². The maximum absolute atomic E-state index is 11.3. The lowest BCUT2D eigenvalue weighted by Gasteiger charge is -2.01. The van der Waals surface area contributed by atoms with E-state index in [1.165, 1.54) is 0 Å². The molecule has 0 heterocycles. The van der Waals surface area contributed by atoms with Gasteiger partial charge in [-0.05, 0) is 12.0 Å². The lowest BCUT2D eigenvalue weighted by atomic mass is 10.2. The van der Waals surface area contributed by atoms with Crippen molar-refractivity contribution in [3.05, 3.63) is 35.9 Å². The number of benzene rings is 1. The molecule has 1 aromatic carbocycles. The zero-order chi connectivity index (χ0) is 9.52. The molecule has 1 unspecified atom stereocenters. The summed E-state index contributed by atoms with van der Waals surface area (Å²) in [6.45, 7) is 2.57. The van der Waals surface area contributed by atoms with E-state index in [1.54, 1.807) is 0 Å².